The minimum absolute atomic E-state index is 0.754. The number of hydrogen-bond acceptors (Lipinski definition) is 8. The Labute approximate surface area is 169 Å². The van der Waals surface area contributed by atoms with Crippen LogP contribution >= 0.6 is 0 Å². The molecule has 168 valence electrons. The molecule has 0 rings (SSSR count). The third kappa shape index (κ3) is 9.98. The first-order valence-corrected chi connectivity index (χ1v) is 8.36. The van der Waals surface area contributed by atoms with Crippen molar-refractivity contribution in [3.8, 4) is 0 Å². The number of primary amides is 1. The summed E-state index contributed by atoms with van der Waals surface area (Å²) in [5, 5.41) is 32.3. The van der Waals surface area contributed by atoms with Gasteiger partial charge in [0.2, 0.25) is 23.6 Å². The zero-order valence-corrected chi connectivity index (χ0v) is 15.8. The number of amides is 4. The lowest BCUT2D eigenvalue weighted by Crippen LogP contribution is -2.58. The van der Waals surface area contributed by atoms with Crippen molar-refractivity contribution in [3.05, 3.63) is 0 Å². The Morgan fingerprint density at radius 3 is 1.60 bits per heavy atom. The third-order valence-electron chi connectivity index (χ3n) is 3.51. The lowest BCUT2D eigenvalue weighted by Gasteiger charge is -2.23. The van der Waals surface area contributed by atoms with Crippen molar-refractivity contribution in [2.45, 2.75) is 50.4 Å². The van der Waals surface area contributed by atoms with Crippen LogP contribution in [0.15, 0.2) is 0 Å². The highest BCUT2D eigenvalue weighted by molar-refractivity contribution is 5.97. The molecule has 0 aromatic rings. The van der Waals surface area contributed by atoms with Crippen LogP contribution in [0.25, 0.3) is 0 Å². The molecule has 10 N–H and O–H groups in total. The minimum Gasteiger partial charge on any atom is -0.481 e. The van der Waals surface area contributed by atoms with E-state index in [9.17, 15) is 33.6 Å². The Hall–Kier alpha value is -3.75. The van der Waals surface area contributed by atoms with Gasteiger partial charge < -0.3 is 42.7 Å². The zero-order chi connectivity index (χ0) is 23.6. The first-order chi connectivity index (χ1) is 13.7. The highest BCUT2D eigenvalue weighted by atomic mass is 16.4. The van der Waals surface area contributed by atoms with Gasteiger partial charge in [-0.3, -0.25) is 33.6 Å². The van der Waals surface area contributed by atoms with Crippen molar-refractivity contribution < 1.29 is 48.9 Å². The number of rotatable bonds is 13. The van der Waals surface area contributed by atoms with E-state index in [0.717, 1.165) is 6.92 Å². The van der Waals surface area contributed by atoms with E-state index in [0.29, 0.717) is 0 Å². The smallest absolute Gasteiger partial charge is 0.325 e. The molecule has 0 aromatic carbocycles. The molecule has 15 nitrogen and oxygen atoms in total. The summed E-state index contributed by atoms with van der Waals surface area (Å²) < 4.78 is 0. The fourth-order valence-corrected chi connectivity index (χ4v) is 2.00. The molecule has 0 aliphatic carbocycles. The Morgan fingerprint density at radius 1 is 0.733 bits per heavy atom. The topological polar surface area (TPSA) is 268 Å². The van der Waals surface area contributed by atoms with Crippen molar-refractivity contribution in [2.75, 3.05) is 0 Å². The second-order valence-corrected chi connectivity index (χ2v) is 6.16. The van der Waals surface area contributed by atoms with Gasteiger partial charge in [-0.25, -0.2) is 0 Å². The van der Waals surface area contributed by atoms with Gasteiger partial charge in [0.25, 0.3) is 0 Å². The summed E-state index contributed by atoms with van der Waals surface area (Å²) in [6.45, 7) is 1.11. The fourth-order valence-electron chi connectivity index (χ4n) is 2.00. The zero-order valence-electron chi connectivity index (χ0n) is 15.8. The van der Waals surface area contributed by atoms with Gasteiger partial charge in [0.15, 0.2) is 0 Å². The SMILES string of the molecule is CC(NC(=O)C(CC(N)=O)NC(=O)C(CC(=O)O)NC(=O)C(N)CC(=O)O)C(=O)O. The predicted octanol–water partition coefficient (Wildman–Crippen LogP) is -4.30. The first-order valence-electron chi connectivity index (χ1n) is 8.36. The van der Waals surface area contributed by atoms with Crippen LogP contribution in [-0.4, -0.2) is 81.0 Å². The average molecular weight is 433 g/mol. The third-order valence-corrected chi connectivity index (χ3v) is 3.51. The molecular formula is C15H23N5O10. The number of carbonyl (C=O) groups excluding carboxylic acids is 4. The molecule has 0 bridgehead atoms. The minimum atomic E-state index is -1.78. The Kier molecular flexibility index (Phi) is 10.5. The van der Waals surface area contributed by atoms with E-state index < -0.39 is 85.0 Å². The number of nitrogens with one attached hydrogen (secondary N) is 3. The van der Waals surface area contributed by atoms with Crippen LogP contribution in [0.4, 0.5) is 0 Å². The molecule has 0 saturated carbocycles. The summed E-state index contributed by atoms with van der Waals surface area (Å²) in [7, 11) is 0. The number of nitrogens with two attached hydrogens (primary N) is 2. The van der Waals surface area contributed by atoms with Crippen LogP contribution in [0.3, 0.4) is 0 Å². The summed E-state index contributed by atoms with van der Waals surface area (Å²) in [5.74, 6) is -8.86. The van der Waals surface area contributed by atoms with E-state index in [-0.39, 0.29) is 0 Å². The lowest BCUT2D eigenvalue weighted by molar-refractivity contribution is -0.143. The number of hydrogen-bond donors (Lipinski definition) is 8. The number of aliphatic carboxylic acids is 3. The van der Waals surface area contributed by atoms with Gasteiger partial charge in [0.05, 0.1) is 25.3 Å². The Morgan fingerprint density at radius 2 is 1.17 bits per heavy atom. The van der Waals surface area contributed by atoms with Gasteiger partial charge in [-0.2, -0.15) is 0 Å². The number of carbonyl (C=O) groups is 7. The monoisotopic (exact) mass is 433 g/mol. The van der Waals surface area contributed by atoms with Crippen LogP contribution in [0, 0.1) is 0 Å². The van der Waals surface area contributed by atoms with Crippen molar-refractivity contribution in [2.24, 2.45) is 11.5 Å². The maximum atomic E-state index is 12.4. The summed E-state index contributed by atoms with van der Waals surface area (Å²) in [4.78, 5) is 80.0. The standard InChI is InChI=1S/C15H23N5O10/c1-5(15(29)30)18-13(27)7(3-9(17)21)20-14(28)8(4-11(24)25)19-12(26)6(16)2-10(22)23/h5-8H,2-4,16H2,1H3,(H2,17,21)(H,18,27)(H,19,26)(H,20,28)(H,22,23)(H,24,25)(H,29,30). The fraction of sp³-hybridized carbons (Fsp3) is 0.533. The molecule has 0 heterocycles. The maximum Gasteiger partial charge on any atom is 0.325 e. The van der Waals surface area contributed by atoms with Crippen LogP contribution in [0.1, 0.15) is 26.2 Å². The molecule has 0 spiro atoms. The molecule has 0 radical (unpaired) electrons. The second-order valence-electron chi connectivity index (χ2n) is 6.16. The van der Waals surface area contributed by atoms with Gasteiger partial charge in [0, 0.05) is 0 Å². The molecule has 15 heteroatoms. The summed E-state index contributed by atoms with van der Waals surface area (Å²) in [5.41, 5.74) is 10.3. The summed E-state index contributed by atoms with van der Waals surface area (Å²) in [6, 6.07) is -6.42. The van der Waals surface area contributed by atoms with E-state index in [1.165, 1.54) is 0 Å². The number of carboxylic acid groups (broad SMARTS) is 3. The largest absolute Gasteiger partial charge is 0.481 e. The van der Waals surface area contributed by atoms with Gasteiger partial charge in [-0.1, -0.05) is 0 Å². The van der Waals surface area contributed by atoms with Crippen molar-refractivity contribution in [3.63, 3.8) is 0 Å². The molecule has 0 saturated heterocycles. The molecule has 4 atom stereocenters. The predicted molar refractivity (Wildman–Crippen MR) is 95.4 cm³/mol. The van der Waals surface area contributed by atoms with Gasteiger partial charge in [0.1, 0.15) is 18.1 Å². The highest BCUT2D eigenvalue weighted by Gasteiger charge is 2.31. The molecule has 4 amide bonds. The van der Waals surface area contributed by atoms with E-state index in [1.807, 2.05) is 16.0 Å². The van der Waals surface area contributed by atoms with E-state index in [1.54, 1.807) is 0 Å². The Bertz CT molecular complexity index is 725. The summed E-state index contributed by atoms with van der Waals surface area (Å²) >= 11 is 0. The second kappa shape index (κ2) is 11.9. The van der Waals surface area contributed by atoms with Crippen molar-refractivity contribution in [1.29, 1.82) is 0 Å². The van der Waals surface area contributed by atoms with Crippen LogP contribution < -0.4 is 27.4 Å². The maximum absolute atomic E-state index is 12.4. The van der Waals surface area contributed by atoms with E-state index in [4.69, 9.17) is 26.8 Å². The molecule has 30 heavy (non-hydrogen) atoms. The lowest BCUT2D eigenvalue weighted by atomic mass is 10.1. The molecule has 0 aliphatic heterocycles. The average Bonchev–Trinajstić information content (AvgIpc) is 2.58. The first kappa shape index (κ1) is 26.2. The molecule has 4 unspecified atom stereocenters. The molecular weight excluding hydrogens is 410 g/mol. The Balaban J connectivity index is 5.41. The molecule has 0 aromatic heterocycles. The number of carboxylic acids is 3. The van der Waals surface area contributed by atoms with E-state index in [2.05, 4.69) is 0 Å². The highest BCUT2D eigenvalue weighted by Crippen LogP contribution is 2.00. The normalized spacial score (nSPS) is 14.3. The van der Waals surface area contributed by atoms with Crippen LogP contribution in [0.2, 0.25) is 0 Å². The summed E-state index contributed by atoms with van der Waals surface area (Å²) in [6.07, 6.45) is -2.52. The van der Waals surface area contributed by atoms with Gasteiger partial charge >= 0.3 is 17.9 Å². The van der Waals surface area contributed by atoms with Crippen LogP contribution in [0.5, 0.6) is 0 Å². The van der Waals surface area contributed by atoms with Gasteiger partial charge in [-0.05, 0) is 6.92 Å². The van der Waals surface area contributed by atoms with Crippen LogP contribution in [-0.2, 0) is 33.6 Å². The quantitative estimate of drug-likeness (QED) is 0.137. The van der Waals surface area contributed by atoms with Crippen molar-refractivity contribution >= 4 is 41.5 Å². The molecule has 0 aliphatic rings. The van der Waals surface area contributed by atoms with Gasteiger partial charge in [-0.15, -0.1) is 0 Å². The van der Waals surface area contributed by atoms with Crippen molar-refractivity contribution in [1.82, 2.24) is 16.0 Å². The van der Waals surface area contributed by atoms with E-state index >= 15 is 0 Å². The molecule has 0 fully saturated rings.